The predicted molar refractivity (Wildman–Crippen MR) is 255 cm³/mol. The van der Waals surface area contributed by atoms with Gasteiger partial charge in [-0.25, -0.2) is 0 Å². The molecule has 0 aliphatic rings. The largest absolute Gasteiger partial charge is 0.310 e. The van der Waals surface area contributed by atoms with Crippen molar-refractivity contribution in [3.63, 3.8) is 0 Å². The zero-order valence-electron chi connectivity index (χ0n) is 33.0. The molecule has 0 fully saturated rings. The van der Waals surface area contributed by atoms with E-state index < -0.39 is 0 Å². The van der Waals surface area contributed by atoms with E-state index in [1.807, 2.05) is 0 Å². The number of hydrogen-bond acceptors (Lipinski definition) is 1. The van der Waals surface area contributed by atoms with Gasteiger partial charge in [-0.2, -0.15) is 0 Å². The molecule has 0 amide bonds. The third-order valence-corrected chi connectivity index (χ3v) is 11.8. The van der Waals surface area contributed by atoms with E-state index in [-0.39, 0.29) is 0 Å². The van der Waals surface area contributed by atoms with Crippen molar-refractivity contribution in [3.05, 3.63) is 243 Å². The fourth-order valence-electron chi connectivity index (χ4n) is 8.99. The summed E-state index contributed by atoms with van der Waals surface area (Å²) in [7, 11) is 0. The lowest BCUT2D eigenvalue weighted by atomic mass is 9.87. The van der Waals surface area contributed by atoms with Crippen LogP contribution in [0.1, 0.15) is 0 Å². The maximum absolute atomic E-state index is 2.46. The van der Waals surface area contributed by atoms with E-state index in [0.29, 0.717) is 0 Å². The molecule has 0 N–H and O–H groups in total. The van der Waals surface area contributed by atoms with E-state index in [1.54, 1.807) is 0 Å². The van der Waals surface area contributed by atoms with Crippen LogP contribution in [0.3, 0.4) is 0 Å². The zero-order chi connectivity index (χ0) is 39.8. The first-order valence-corrected chi connectivity index (χ1v) is 20.6. The number of aromatic nitrogens is 1. The first-order valence-electron chi connectivity index (χ1n) is 20.6. The van der Waals surface area contributed by atoms with Gasteiger partial charge in [0.15, 0.2) is 0 Å². The number of hydrogen-bond donors (Lipinski definition) is 0. The van der Waals surface area contributed by atoms with E-state index >= 15 is 0 Å². The molecule has 0 aliphatic heterocycles. The minimum absolute atomic E-state index is 1.07. The maximum atomic E-state index is 2.46. The Labute approximate surface area is 350 Å². The molecule has 282 valence electrons. The molecule has 2 heteroatoms. The highest BCUT2D eigenvalue weighted by Gasteiger charge is 2.24. The highest BCUT2D eigenvalue weighted by molar-refractivity contribution is 6.11. The normalized spacial score (nSPS) is 11.3. The fourth-order valence-corrected chi connectivity index (χ4v) is 8.99. The molecule has 0 spiro atoms. The van der Waals surface area contributed by atoms with Gasteiger partial charge in [0.2, 0.25) is 0 Å². The smallest absolute Gasteiger partial charge is 0.0561 e. The molecule has 1 aromatic heterocycles. The van der Waals surface area contributed by atoms with E-state index in [9.17, 15) is 0 Å². The lowest BCUT2D eigenvalue weighted by molar-refractivity contribution is 1.18. The maximum Gasteiger partial charge on any atom is 0.0561 e. The van der Waals surface area contributed by atoms with Crippen molar-refractivity contribution < 1.29 is 0 Å². The Morgan fingerprint density at radius 1 is 0.300 bits per heavy atom. The first-order chi connectivity index (χ1) is 29.8. The number of benzene rings is 10. The summed E-state index contributed by atoms with van der Waals surface area (Å²) in [6, 6.07) is 88.0. The van der Waals surface area contributed by atoms with Gasteiger partial charge in [-0.05, 0) is 104 Å². The van der Waals surface area contributed by atoms with Gasteiger partial charge >= 0.3 is 0 Å². The van der Waals surface area contributed by atoms with Gasteiger partial charge in [-0.15, -0.1) is 0 Å². The van der Waals surface area contributed by atoms with Crippen molar-refractivity contribution in [2.24, 2.45) is 0 Å². The van der Waals surface area contributed by atoms with E-state index in [0.717, 1.165) is 28.3 Å². The van der Waals surface area contributed by atoms with Crippen molar-refractivity contribution in [2.45, 2.75) is 0 Å². The summed E-state index contributed by atoms with van der Waals surface area (Å²) in [6.45, 7) is 0. The van der Waals surface area contributed by atoms with Gasteiger partial charge in [0, 0.05) is 33.4 Å². The van der Waals surface area contributed by atoms with Crippen molar-refractivity contribution >= 4 is 49.6 Å². The second-order valence-corrected chi connectivity index (χ2v) is 15.3. The van der Waals surface area contributed by atoms with Crippen LogP contribution in [0.25, 0.3) is 82.8 Å². The Morgan fingerprint density at radius 2 is 0.867 bits per heavy atom. The highest BCUT2D eigenvalue weighted by atomic mass is 15.1. The lowest BCUT2D eigenvalue weighted by Crippen LogP contribution is -2.12. The summed E-state index contributed by atoms with van der Waals surface area (Å²) < 4.78 is 2.40. The number of rotatable bonds is 8. The minimum Gasteiger partial charge on any atom is -0.310 e. The van der Waals surface area contributed by atoms with Crippen LogP contribution in [-0.2, 0) is 0 Å². The molecular weight excluding hydrogens is 725 g/mol. The molecule has 0 atom stereocenters. The molecular formula is C58H40N2. The molecule has 0 unspecified atom stereocenters. The minimum atomic E-state index is 1.07. The molecule has 2 nitrogen and oxygen atoms in total. The summed E-state index contributed by atoms with van der Waals surface area (Å²) >= 11 is 0. The van der Waals surface area contributed by atoms with Gasteiger partial charge in [-0.3, -0.25) is 0 Å². The molecule has 0 saturated heterocycles. The molecule has 0 saturated carbocycles. The monoisotopic (exact) mass is 764 g/mol. The predicted octanol–water partition coefficient (Wildman–Crippen LogP) is 16.1. The molecule has 0 bridgehead atoms. The second kappa shape index (κ2) is 15.1. The van der Waals surface area contributed by atoms with Crippen molar-refractivity contribution in [1.29, 1.82) is 0 Å². The summed E-state index contributed by atoms with van der Waals surface area (Å²) in [5.74, 6) is 0. The summed E-state index contributed by atoms with van der Waals surface area (Å²) in [5, 5.41) is 4.94. The van der Waals surface area contributed by atoms with Gasteiger partial charge in [0.05, 0.1) is 16.7 Å². The summed E-state index contributed by atoms with van der Waals surface area (Å²) in [6.07, 6.45) is 0. The van der Waals surface area contributed by atoms with E-state index in [4.69, 9.17) is 0 Å². The lowest BCUT2D eigenvalue weighted by Gasteiger charge is -2.30. The SMILES string of the molecule is c1ccc(-c2ccccc2-c2c(-c3ccccc3)cccc2N(c2ccc(-c3ccc4ccccc4c3)cc2)c2ccc3c4ccccc4n(-c4ccccc4)c3c2)cc1. The average molecular weight is 765 g/mol. The Morgan fingerprint density at radius 3 is 1.63 bits per heavy atom. The van der Waals surface area contributed by atoms with Crippen LogP contribution in [0.15, 0.2) is 243 Å². The zero-order valence-corrected chi connectivity index (χ0v) is 33.0. The standard InChI is InChI=1S/C58H40N2/c1-4-18-43(19-5-1)50-25-12-13-27-54(50)58-51(44-20-6-2-7-21-44)28-16-30-56(58)59(48-35-33-42(34-36-48)46-32-31-41-17-10-11-22-45(41)39-46)49-37-38-53-52-26-14-15-29-55(52)60(57(53)40-49)47-23-8-3-9-24-47/h1-40H. The van der Waals surface area contributed by atoms with Gasteiger partial charge < -0.3 is 9.47 Å². The number of para-hydroxylation sites is 2. The Hall–Kier alpha value is -7.94. The number of nitrogens with zero attached hydrogens (tertiary/aromatic N) is 2. The highest BCUT2D eigenvalue weighted by Crippen LogP contribution is 2.49. The van der Waals surface area contributed by atoms with Crippen molar-refractivity contribution in [1.82, 2.24) is 4.57 Å². The van der Waals surface area contributed by atoms with Gasteiger partial charge in [0.25, 0.3) is 0 Å². The molecule has 11 rings (SSSR count). The third kappa shape index (κ3) is 6.23. The average Bonchev–Trinajstić information content (AvgIpc) is 3.66. The molecule has 1 heterocycles. The van der Waals surface area contributed by atoms with Crippen LogP contribution in [0.4, 0.5) is 17.1 Å². The summed E-state index contributed by atoms with van der Waals surface area (Å²) in [5.41, 5.74) is 16.2. The van der Waals surface area contributed by atoms with Crippen molar-refractivity contribution in [2.75, 3.05) is 4.90 Å². The van der Waals surface area contributed by atoms with Crippen LogP contribution in [0.2, 0.25) is 0 Å². The quantitative estimate of drug-likeness (QED) is 0.150. The number of anilines is 3. The summed E-state index contributed by atoms with van der Waals surface area (Å²) in [4.78, 5) is 2.46. The van der Waals surface area contributed by atoms with Crippen LogP contribution < -0.4 is 4.90 Å². The molecule has 0 radical (unpaired) electrons. The second-order valence-electron chi connectivity index (χ2n) is 15.3. The van der Waals surface area contributed by atoms with Crippen molar-refractivity contribution in [3.8, 4) is 50.2 Å². The molecule has 11 aromatic rings. The molecule has 10 aromatic carbocycles. The van der Waals surface area contributed by atoms with Gasteiger partial charge in [-0.1, -0.05) is 188 Å². The van der Waals surface area contributed by atoms with Crippen LogP contribution in [-0.4, -0.2) is 4.57 Å². The first kappa shape index (κ1) is 35.2. The van der Waals surface area contributed by atoms with Gasteiger partial charge in [0.1, 0.15) is 0 Å². The van der Waals surface area contributed by atoms with Crippen LogP contribution >= 0.6 is 0 Å². The Bertz CT molecular complexity index is 3290. The van der Waals surface area contributed by atoms with E-state index in [1.165, 1.54) is 71.6 Å². The van der Waals surface area contributed by atoms with Crippen LogP contribution in [0, 0.1) is 0 Å². The Balaban J connectivity index is 1.18. The van der Waals surface area contributed by atoms with E-state index in [2.05, 4.69) is 252 Å². The fraction of sp³-hybridized carbons (Fsp3) is 0. The number of fused-ring (bicyclic) bond motifs is 4. The molecule has 60 heavy (non-hydrogen) atoms. The topological polar surface area (TPSA) is 8.17 Å². The Kier molecular flexibility index (Phi) is 8.87. The third-order valence-electron chi connectivity index (χ3n) is 11.8. The molecule has 0 aliphatic carbocycles. The van der Waals surface area contributed by atoms with Crippen LogP contribution in [0.5, 0.6) is 0 Å².